The summed E-state index contributed by atoms with van der Waals surface area (Å²) in [7, 11) is 0. The van der Waals surface area contributed by atoms with Crippen LogP contribution in [-0.2, 0) is 9.59 Å². The van der Waals surface area contributed by atoms with Gasteiger partial charge in [-0.15, -0.1) is 0 Å². The Morgan fingerprint density at radius 1 is 1.18 bits per heavy atom. The summed E-state index contributed by atoms with van der Waals surface area (Å²) < 4.78 is 0. The third-order valence-corrected chi connectivity index (χ3v) is 2.93. The zero-order chi connectivity index (χ0) is 12.6. The van der Waals surface area contributed by atoms with Crippen molar-refractivity contribution in [1.82, 2.24) is 0 Å². The van der Waals surface area contributed by atoms with Crippen LogP contribution in [0.3, 0.4) is 0 Å². The molecule has 0 amide bonds. The zero-order valence-electron chi connectivity index (χ0n) is 11.1. The van der Waals surface area contributed by atoms with Crippen molar-refractivity contribution in [2.45, 2.75) is 52.4 Å². The Morgan fingerprint density at radius 3 is 2.12 bits per heavy atom. The molecule has 0 heterocycles. The molecule has 1 radical (unpaired) electrons. The first-order chi connectivity index (χ1) is 7.51. The molecule has 0 saturated heterocycles. The van der Waals surface area contributed by atoms with Crippen molar-refractivity contribution in [1.29, 1.82) is 0 Å². The zero-order valence-corrected chi connectivity index (χ0v) is 13.1. The van der Waals surface area contributed by atoms with Crippen LogP contribution >= 0.6 is 0 Å². The molecular weight excluding hydrogens is 231 g/mol. The van der Waals surface area contributed by atoms with Crippen LogP contribution in [0.15, 0.2) is 0 Å². The number of aliphatic carboxylic acids is 2. The van der Waals surface area contributed by atoms with Gasteiger partial charge in [-0.3, -0.25) is 9.59 Å². The summed E-state index contributed by atoms with van der Waals surface area (Å²) in [6.45, 7) is 4.12. The van der Waals surface area contributed by atoms with E-state index in [1.54, 1.807) is 0 Å². The van der Waals surface area contributed by atoms with Crippen molar-refractivity contribution < 1.29 is 19.8 Å². The first-order valence-electron chi connectivity index (χ1n) is 5.95. The molecule has 5 heteroatoms. The number of hydrogen-bond donors (Lipinski definition) is 2. The largest absolute Gasteiger partial charge is 0.481 e. The topological polar surface area (TPSA) is 74.6 Å². The molecular formula is C12H22NaO4. The van der Waals surface area contributed by atoms with Crippen LogP contribution in [0.25, 0.3) is 0 Å². The van der Waals surface area contributed by atoms with Crippen LogP contribution < -0.4 is 0 Å². The minimum absolute atomic E-state index is 0. The first-order valence-corrected chi connectivity index (χ1v) is 5.95. The van der Waals surface area contributed by atoms with E-state index in [9.17, 15) is 9.59 Å². The van der Waals surface area contributed by atoms with Gasteiger partial charge in [0.25, 0.3) is 0 Å². The van der Waals surface area contributed by atoms with Crippen LogP contribution in [0.2, 0.25) is 0 Å². The van der Waals surface area contributed by atoms with Crippen molar-refractivity contribution in [3.8, 4) is 0 Å². The summed E-state index contributed by atoms with van der Waals surface area (Å²) in [4.78, 5) is 21.4. The first kappa shape index (κ1) is 19.3. The van der Waals surface area contributed by atoms with E-state index in [2.05, 4.69) is 6.92 Å². The molecule has 95 valence electrons. The standard InChI is InChI=1S/C12H22O4.Na/c1-3-5-6-9(4-2)7-10(12(15)16)8-11(13)14;/h9-10H,3-8H2,1-2H3,(H,13,14)(H,15,16);. The Hall–Kier alpha value is -0.0600. The molecule has 0 saturated carbocycles. The number of hydrogen-bond acceptors (Lipinski definition) is 2. The van der Waals surface area contributed by atoms with Gasteiger partial charge in [0.2, 0.25) is 0 Å². The van der Waals surface area contributed by atoms with Gasteiger partial charge < -0.3 is 10.2 Å². The summed E-state index contributed by atoms with van der Waals surface area (Å²) in [5.41, 5.74) is 0. The average molecular weight is 253 g/mol. The average Bonchev–Trinajstić information content (AvgIpc) is 2.21. The fourth-order valence-electron chi connectivity index (χ4n) is 1.87. The summed E-state index contributed by atoms with van der Waals surface area (Å²) in [5, 5.41) is 17.6. The van der Waals surface area contributed by atoms with Crippen molar-refractivity contribution >= 4 is 41.5 Å². The van der Waals surface area contributed by atoms with E-state index in [1.807, 2.05) is 6.92 Å². The van der Waals surface area contributed by atoms with Gasteiger partial charge >= 0.3 is 11.9 Å². The van der Waals surface area contributed by atoms with E-state index in [-0.39, 0.29) is 36.0 Å². The second-order valence-electron chi connectivity index (χ2n) is 4.29. The Labute approximate surface area is 125 Å². The van der Waals surface area contributed by atoms with E-state index >= 15 is 0 Å². The third-order valence-electron chi connectivity index (χ3n) is 2.93. The van der Waals surface area contributed by atoms with E-state index in [1.165, 1.54) is 0 Å². The summed E-state index contributed by atoms with van der Waals surface area (Å²) in [6.07, 6.45) is 4.31. The Morgan fingerprint density at radius 2 is 1.76 bits per heavy atom. The smallest absolute Gasteiger partial charge is 0.307 e. The number of unbranched alkanes of at least 4 members (excludes halogenated alkanes) is 1. The van der Waals surface area contributed by atoms with Crippen LogP contribution in [-0.4, -0.2) is 51.7 Å². The maximum Gasteiger partial charge on any atom is 0.307 e. The normalized spacial score (nSPS) is 13.5. The molecule has 0 aromatic carbocycles. The van der Waals surface area contributed by atoms with Gasteiger partial charge in [0.15, 0.2) is 0 Å². The van der Waals surface area contributed by atoms with Gasteiger partial charge in [-0.2, -0.15) is 0 Å². The third kappa shape index (κ3) is 9.62. The number of carbonyl (C=O) groups is 2. The van der Waals surface area contributed by atoms with Gasteiger partial charge in [0.1, 0.15) is 0 Å². The number of carboxylic acids is 2. The van der Waals surface area contributed by atoms with Gasteiger partial charge in [0, 0.05) is 29.6 Å². The monoisotopic (exact) mass is 253 g/mol. The second-order valence-corrected chi connectivity index (χ2v) is 4.29. The second kappa shape index (κ2) is 11.1. The molecule has 2 atom stereocenters. The molecule has 0 fully saturated rings. The predicted octanol–water partition coefficient (Wildman–Crippen LogP) is 2.39. The Balaban J connectivity index is 0. The molecule has 0 aliphatic rings. The molecule has 0 aliphatic carbocycles. The molecule has 0 bridgehead atoms. The molecule has 0 aromatic rings. The molecule has 4 nitrogen and oxygen atoms in total. The fraction of sp³-hybridized carbons (Fsp3) is 0.833. The quantitative estimate of drug-likeness (QED) is 0.619. The molecule has 17 heavy (non-hydrogen) atoms. The SMILES string of the molecule is CCCCC(CC)CC(CC(=O)O)C(=O)O.[Na]. The minimum Gasteiger partial charge on any atom is -0.481 e. The molecule has 0 spiro atoms. The Bertz CT molecular complexity index is 231. The summed E-state index contributed by atoms with van der Waals surface area (Å²) in [6, 6.07) is 0. The molecule has 0 rings (SSSR count). The maximum absolute atomic E-state index is 10.9. The van der Waals surface area contributed by atoms with Crippen LogP contribution in [0, 0.1) is 11.8 Å². The molecule has 0 aliphatic heterocycles. The van der Waals surface area contributed by atoms with Crippen molar-refractivity contribution in [3.63, 3.8) is 0 Å². The predicted molar refractivity (Wildman–Crippen MR) is 67.1 cm³/mol. The van der Waals surface area contributed by atoms with Gasteiger partial charge in [-0.25, -0.2) is 0 Å². The minimum atomic E-state index is -1.03. The van der Waals surface area contributed by atoms with Crippen LogP contribution in [0.1, 0.15) is 52.4 Å². The van der Waals surface area contributed by atoms with E-state index in [0.717, 1.165) is 25.7 Å². The molecule has 2 unspecified atom stereocenters. The van der Waals surface area contributed by atoms with E-state index in [4.69, 9.17) is 10.2 Å². The van der Waals surface area contributed by atoms with Crippen molar-refractivity contribution in [3.05, 3.63) is 0 Å². The fourth-order valence-corrected chi connectivity index (χ4v) is 1.87. The van der Waals surface area contributed by atoms with Crippen LogP contribution in [0.5, 0.6) is 0 Å². The van der Waals surface area contributed by atoms with E-state index < -0.39 is 17.9 Å². The van der Waals surface area contributed by atoms with Gasteiger partial charge in [0.05, 0.1) is 12.3 Å². The van der Waals surface area contributed by atoms with Gasteiger partial charge in [-0.1, -0.05) is 39.5 Å². The van der Waals surface area contributed by atoms with E-state index in [0.29, 0.717) is 12.3 Å². The van der Waals surface area contributed by atoms with Crippen molar-refractivity contribution in [2.24, 2.45) is 11.8 Å². The van der Waals surface area contributed by atoms with Crippen molar-refractivity contribution in [2.75, 3.05) is 0 Å². The molecule has 0 aromatic heterocycles. The molecule has 2 N–H and O–H groups in total. The number of rotatable bonds is 9. The summed E-state index contributed by atoms with van der Waals surface area (Å²) in [5.74, 6) is -2.42. The Kier molecular flexibility index (Phi) is 12.5. The van der Waals surface area contributed by atoms with Crippen LogP contribution in [0.4, 0.5) is 0 Å². The van der Waals surface area contributed by atoms with Gasteiger partial charge in [-0.05, 0) is 12.3 Å². The number of carboxylic acid groups (broad SMARTS) is 2. The maximum atomic E-state index is 10.9. The summed E-state index contributed by atoms with van der Waals surface area (Å²) >= 11 is 0.